The van der Waals surface area contributed by atoms with Crippen molar-refractivity contribution < 1.29 is 0 Å². The van der Waals surface area contributed by atoms with Crippen LogP contribution in [0.5, 0.6) is 0 Å². The third kappa shape index (κ3) is 2.39. The maximum atomic E-state index is 4.09. The van der Waals surface area contributed by atoms with Gasteiger partial charge in [-0.05, 0) is 46.0 Å². The first-order valence-electron chi connectivity index (χ1n) is 6.61. The van der Waals surface area contributed by atoms with Crippen LogP contribution in [0.1, 0.15) is 5.56 Å². The van der Waals surface area contributed by atoms with Gasteiger partial charge in [-0.1, -0.05) is 55.1 Å². The summed E-state index contributed by atoms with van der Waals surface area (Å²) in [5, 5.41) is 0. The van der Waals surface area contributed by atoms with E-state index in [1.54, 1.807) is 0 Å². The number of rotatable bonds is 3. The third-order valence-electron chi connectivity index (χ3n) is 3.35. The van der Waals surface area contributed by atoms with Crippen LogP contribution in [0.3, 0.4) is 0 Å². The molecule has 0 saturated carbocycles. The van der Waals surface area contributed by atoms with Gasteiger partial charge in [-0.2, -0.15) is 0 Å². The molecule has 0 fully saturated rings. The Kier molecular flexibility index (Phi) is 3.42. The van der Waals surface area contributed by atoms with Crippen LogP contribution in [0.25, 0.3) is 28.3 Å². The highest BCUT2D eigenvalue weighted by Crippen LogP contribution is 2.32. The zero-order valence-corrected chi connectivity index (χ0v) is 11.2. The van der Waals surface area contributed by atoms with Crippen LogP contribution < -0.4 is 0 Å². The van der Waals surface area contributed by atoms with Gasteiger partial charge in [0.05, 0.1) is 0 Å². The van der Waals surface area contributed by atoms with Crippen molar-refractivity contribution in [1.82, 2.24) is 4.98 Å². The molecule has 96 valence electrons. The van der Waals surface area contributed by atoms with Gasteiger partial charge in [0.15, 0.2) is 0 Å². The molecule has 3 rings (SSSR count). The Morgan fingerprint density at radius 3 is 2.15 bits per heavy atom. The monoisotopic (exact) mass is 257 g/mol. The smallest absolute Gasteiger partial charge is 0.0273 e. The normalized spacial score (nSPS) is 10.2. The van der Waals surface area contributed by atoms with E-state index in [-0.39, 0.29) is 0 Å². The van der Waals surface area contributed by atoms with Crippen LogP contribution in [0.2, 0.25) is 0 Å². The molecule has 1 heterocycles. The summed E-state index contributed by atoms with van der Waals surface area (Å²) in [5.74, 6) is 0. The zero-order chi connectivity index (χ0) is 13.8. The minimum absolute atomic E-state index is 1.13. The molecule has 0 spiro atoms. The molecule has 0 amide bonds. The summed E-state index contributed by atoms with van der Waals surface area (Å²) in [4.78, 5) is 4.09. The molecule has 0 radical (unpaired) electrons. The second-order valence-corrected chi connectivity index (χ2v) is 4.61. The van der Waals surface area contributed by atoms with Gasteiger partial charge in [-0.3, -0.25) is 4.98 Å². The zero-order valence-electron chi connectivity index (χ0n) is 11.2. The van der Waals surface area contributed by atoms with Crippen molar-refractivity contribution in [3.63, 3.8) is 0 Å². The molecular formula is C19H15N. The van der Waals surface area contributed by atoms with E-state index in [0.717, 1.165) is 5.56 Å². The number of hydrogen-bond acceptors (Lipinski definition) is 1. The molecule has 0 aliphatic rings. The van der Waals surface area contributed by atoms with E-state index in [0.29, 0.717) is 0 Å². The first-order chi connectivity index (χ1) is 9.88. The summed E-state index contributed by atoms with van der Waals surface area (Å²) in [6.07, 6.45) is 5.52. The minimum Gasteiger partial charge on any atom is -0.265 e. The molecule has 1 aromatic heterocycles. The van der Waals surface area contributed by atoms with Crippen molar-refractivity contribution in [2.75, 3.05) is 0 Å². The van der Waals surface area contributed by atoms with Gasteiger partial charge < -0.3 is 0 Å². The topological polar surface area (TPSA) is 12.9 Å². The second kappa shape index (κ2) is 5.54. The quantitative estimate of drug-likeness (QED) is 0.639. The fraction of sp³-hybridized carbons (Fsp3) is 0. The number of benzene rings is 2. The highest BCUT2D eigenvalue weighted by atomic mass is 14.6. The van der Waals surface area contributed by atoms with E-state index >= 15 is 0 Å². The van der Waals surface area contributed by atoms with Crippen molar-refractivity contribution in [1.29, 1.82) is 0 Å². The summed E-state index contributed by atoms with van der Waals surface area (Å²) in [6.45, 7) is 3.84. The third-order valence-corrected chi connectivity index (χ3v) is 3.35. The lowest BCUT2D eigenvalue weighted by Gasteiger charge is -2.10. The number of aromatic nitrogens is 1. The Bertz CT molecular complexity index is 730. The average Bonchev–Trinajstić information content (AvgIpc) is 2.56. The summed E-state index contributed by atoms with van der Waals surface area (Å²) in [7, 11) is 0. The Hall–Kier alpha value is -2.67. The molecule has 2 aromatic carbocycles. The SMILES string of the molecule is C=Cc1cccc(-c2ccccc2-c2ccncc2)c1. The molecule has 0 N–H and O–H groups in total. The van der Waals surface area contributed by atoms with Crippen LogP contribution in [0.15, 0.2) is 79.6 Å². The van der Waals surface area contributed by atoms with Crippen LogP contribution in [-0.2, 0) is 0 Å². The van der Waals surface area contributed by atoms with Gasteiger partial charge in [-0.15, -0.1) is 0 Å². The summed E-state index contributed by atoms with van der Waals surface area (Å²) >= 11 is 0. The number of pyridine rings is 1. The largest absolute Gasteiger partial charge is 0.265 e. The Balaban J connectivity index is 2.17. The van der Waals surface area contributed by atoms with E-state index < -0.39 is 0 Å². The van der Waals surface area contributed by atoms with E-state index in [9.17, 15) is 0 Å². The standard InChI is InChI=1S/C19H15N/c1-2-15-6-5-7-17(14-15)19-9-4-3-8-18(19)16-10-12-20-13-11-16/h2-14H,1H2. The van der Waals surface area contributed by atoms with Gasteiger partial charge in [0.25, 0.3) is 0 Å². The van der Waals surface area contributed by atoms with Crippen molar-refractivity contribution in [2.45, 2.75) is 0 Å². The van der Waals surface area contributed by atoms with Crippen LogP contribution in [0.4, 0.5) is 0 Å². The van der Waals surface area contributed by atoms with E-state index in [1.807, 2.05) is 30.6 Å². The molecule has 0 aliphatic carbocycles. The number of nitrogens with zero attached hydrogens (tertiary/aromatic N) is 1. The lowest BCUT2D eigenvalue weighted by Crippen LogP contribution is -1.85. The second-order valence-electron chi connectivity index (χ2n) is 4.61. The summed E-state index contributed by atoms with van der Waals surface area (Å²) < 4.78 is 0. The number of hydrogen-bond donors (Lipinski definition) is 0. The van der Waals surface area contributed by atoms with Crippen LogP contribution >= 0.6 is 0 Å². The summed E-state index contributed by atoms with van der Waals surface area (Å²) in [5.41, 5.74) is 5.96. The first-order valence-corrected chi connectivity index (χ1v) is 6.61. The van der Waals surface area contributed by atoms with Crippen molar-refractivity contribution >= 4 is 6.08 Å². The molecule has 0 aliphatic heterocycles. The van der Waals surface area contributed by atoms with Crippen molar-refractivity contribution in [2.24, 2.45) is 0 Å². The Morgan fingerprint density at radius 1 is 0.750 bits per heavy atom. The summed E-state index contributed by atoms with van der Waals surface area (Å²) in [6, 6.07) is 20.9. The Labute approximate surface area is 119 Å². The average molecular weight is 257 g/mol. The van der Waals surface area contributed by atoms with Crippen LogP contribution in [-0.4, -0.2) is 4.98 Å². The first kappa shape index (κ1) is 12.4. The van der Waals surface area contributed by atoms with E-state index in [4.69, 9.17) is 0 Å². The van der Waals surface area contributed by atoms with Gasteiger partial charge >= 0.3 is 0 Å². The van der Waals surface area contributed by atoms with E-state index in [2.05, 4.69) is 60.1 Å². The van der Waals surface area contributed by atoms with Gasteiger partial charge in [0.1, 0.15) is 0 Å². The molecule has 20 heavy (non-hydrogen) atoms. The minimum atomic E-state index is 1.13. The Morgan fingerprint density at radius 2 is 1.45 bits per heavy atom. The predicted octanol–water partition coefficient (Wildman–Crippen LogP) is 5.06. The maximum Gasteiger partial charge on any atom is 0.0273 e. The molecule has 0 atom stereocenters. The molecule has 0 unspecified atom stereocenters. The van der Waals surface area contributed by atoms with Crippen LogP contribution in [0, 0.1) is 0 Å². The fourth-order valence-corrected chi connectivity index (χ4v) is 2.35. The lowest BCUT2D eigenvalue weighted by atomic mass is 9.94. The molecule has 0 bridgehead atoms. The van der Waals surface area contributed by atoms with Crippen molar-refractivity contribution in [3.05, 3.63) is 85.2 Å². The maximum absolute atomic E-state index is 4.09. The molecule has 1 nitrogen and oxygen atoms in total. The molecule has 0 saturated heterocycles. The predicted molar refractivity (Wildman–Crippen MR) is 85.2 cm³/mol. The highest BCUT2D eigenvalue weighted by molar-refractivity contribution is 5.83. The highest BCUT2D eigenvalue weighted by Gasteiger charge is 2.06. The lowest BCUT2D eigenvalue weighted by molar-refractivity contribution is 1.33. The van der Waals surface area contributed by atoms with Gasteiger partial charge in [0.2, 0.25) is 0 Å². The molecular weight excluding hydrogens is 242 g/mol. The van der Waals surface area contributed by atoms with E-state index in [1.165, 1.54) is 22.3 Å². The van der Waals surface area contributed by atoms with Gasteiger partial charge in [-0.25, -0.2) is 0 Å². The van der Waals surface area contributed by atoms with Crippen molar-refractivity contribution in [3.8, 4) is 22.3 Å². The fourth-order valence-electron chi connectivity index (χ4n) is 2.35. The molecule has 3 aromatic rings. The van der Waals surface area contributed by atoms with Gasteiger partial charge in [0, 0.05) is 12.4 Å². The molecule has 1 heteroatoms.